The van der Waals surface area contributed by atoms with Gasteiger partial charge >= 0.3 is 6.09 Å². The van der Waals surface area contributed by atoms with Gasteiger partial charge in [0.05, 0.1) is 18.3 Å². The number of amides is 2. The number of imidazole rings is 1. The maximum atomic E-state index is 12.8. The molecule has 4 aromatic rings. The fourth-order valence-corrected chi connectivity index (χ4v) is 5.37. The van der Waals surface area contributed by atoms with Crippen LogP contribution in [0.4, 0.5) is 4.79 Å². The Morgan fingerprint density at radius 1 is 1.20 bits per heavy atom. The number of carbonyl (C=O) groups excluding carboxylic acids is 2. The van der Waals surface area contributed by atoms with Crippen molar-refractivity contribution in [3.63, 3.8) is 0 Å². The van der Waals surface area contributed by atoms with Gasteiger partial charge in [0.15, 0.2) is 12.1 Å². The minimum absolute atomic E-state index is 0.00134. The second-order valence-electron chi connectivity index (χ2n) is 12.6. The number of carbonyl (C=O) groups is 2. The quantitative estimate of drug-likeness (QED) is 0.240. The summed E-state index contributed by atoms with van der Waals surface area (Å²) in [6.07, 6.45) is 7.63. The van der Waals surface area contributed by atoms with Crippen molar-refractivity contribution in [2.75, 3.05) is 13.2 Å². The van der Waals surface area contributed by atoms with E-state index < -0.39 is 5.60 Å². The molecule has 2 amide bonds. The molecule has 0 radical (unpaired) electrons. The molecule has 1 saturated heterocycles. The zero-order valence-corrected chi connectivity index (χ0v) is 26.7. The Hall–Kier alpha value is -4.25. The Kier molecular flexibility index (Phi) is 9.05. The normalized spacial score (nSPS) is 15.5. The molecule has 1 aromatic carbocycles. The topological polar surface area (TPSA) is 127 Å². The highest BCUT2D eigenvalue weighted by molar-refractivity contribution is 5.97. The van der Waals surface area contributed by atoms with Crippen molar-refractivity contribution < 1.29 is 19.1 Å². The molecule has 1 fully saturated rings. The molecule has 234 valence electrons. The number of ether oxygens (including phenoxy) is 2. The number of aromatic amines is 1. The molecule has 0 spiro atoms. The Bertz CT molecular complexity index is 1640. The first-order chi connectivity index (χ1) is 20.9. The van der Waals surface area contributed by atoms with Crippen LogP contribution in [0.1, 0.15) is 88.6 Å². The molecule has 4 heterocycles. The molecule has 5 rings (SSSR count). The Balaban J connectivity index is 1.54. The number of aromatic nitrogens is 5. The van der Waals surface area contributed by atoms with Crippen LogP contribution >= 0.6 is 0 Å². The van der Waals surface area contributed by atoms with Crippen molar-refractivity contribution in [3.8, 4) is 22.6 Å². The van der Waals surface area contributed by atoms with Crippen LogP contribution in [-0.2, 0) is 16.0 Å². The van der Waals surface area contributed by atoms with Gasteiger partial charge in [-0.05, 0) is 96.6 Å². The van der Waals surface area contributed by atoms with E-state index in [0.717, 1.165) is 52.4 Å². The highest BCUT2D eigenvalue weighted by atomic mass is 16.6. The molecule has 11 heteroatoms. The summed E-state index contributed by atoms with van der Waals surface area (Å²) in [5.74, 6) is 0.292. The second kappa shape index (κ2) is 12.8. The number of rotatable bonds is 8. The van der Waals surface area contributed by atoms with Gasteiger partial charge in [0, 0.05) is 42.5 Å². The fourth-order valence-electron chi connectivity index (χ4n) is 5.37. The van der Waals surface area contributed by atoms with E-state index >= 15 is 0 Å². The molecule has 44 heavy (non-hydrogen) atoms. The smallest absolute Gasteiger partial charge is 0.410 e. The molecule has 2 N–H and O–H groups in total. The third kappa shape index (κ3) is 6.77. The van der Waals surface area contributed by atoms with Gasteiger partial charge < -0.3 is 24.7 Å². The van der Waals surface area contributed by atoms with Crippen molar-refractivity contribution in [2.45, 2.75) is 92.1 Å². The summed E-state index contributed by atoms with van der Waals surface area (Å²) in [6, 6.07) is 6.21. The van der Waals surface area contributed by atoms with Gasteiger partial charge in [-0.15, -0.1) is 0 Å². The van der Waals surface area contributed by atoms with E-state index in [-0.39, 0.29) is 24.3 Å². The summed E-state index contributed by atoms with van der Waals surface area (Å²) in [5, 5.41) is 8.77. The number of fused-ring (bicyclic) bond motifs is 1. The Morgan fingerprint density at radius 2 is 2.00 bits per heavy atom. The van der Waals surface area contributed by atoms with Crippen molar-refractivity contribution in [3.05, 3.63) is 53.6 Å². The van der Waals surface area contributed by atoms with Crippen molar-refractivity contribution in [1.29, 1.82) is 0 Å². The summed E-state index contributed by atoms with van der Waals surface area (Å²) in [7, 11) is 0. The van der Waals surface area contributed by atoms with E-state index in [1.807, 2.05) is 59.3 Å². The predicted octanol–water partition coefficient (Wildman–Crippen LogP) is 6.39. The van der Waals surface area contributed by atoms with Gasteiger partial charge in [-0.25, -0.2) is 14.5 Å². The zero-order chi connectivity index (χ0) is 31.6. The SMILES string of the molecule is CCN(Cc1cncc(-c2ccc3c(c2)c(-c2ncc(C(=O)NC(C)C)[nH]2)nn3C2CCCCO2)c1C)C(=O)OC(C)(C)C. The summed E-state index contributed by atoms with van der Waals surface area (Å²) in [6.45, 7) is 15.0. The number of pyridine rings is 1. The molecule has 0 bridgehead atoms. The van der Waals surface area contributed by atoms with Crippen LogP contribution in [0, 0.1) is 6.92 Å². The highest BCUT2D eigenvalue weighted by Gasteiger charge is 2.25. The largest absolute Gasteiger partial charge is 0.444 e. The van der Waals surface area contributed by atoms with Crippen LogP contribution in [-0.4, -0.2) is 66.4 Å². The Labute approximate surface area is 258 Å². The van der Waals surface area contributed by atoms with Crippen LogP contribution in [0.25, 0.3) is 33.5 Å². The lowest BCUT2D eigenvalue weighted by atomic mass is 9.97. The minimum atomic E-state index is -0.577. The van der Waals surface area contributed by atoms with Crippen LogP contribution in [0.5, 0.6) is 0 Å². The average molecular weight is 602 g/mol. The molecule has 1 atom stereocenters. The van der Waals surface area contributed by atoms with Crippen LogP contribution in [0.15, 0.2) is 36.8 Å². The minimum Gasteiger partial charge on any atom is -0.444 e. The molecule has 1 unspecified atom stereocenters. The lowest BCUT2D eigenvalue weighted by molar-refractivity contribution is -0.0365. The van der Waals surface area contributed by atoms with Crippen LogP contribution in [0.3, 0.4) is 0 Å². The standard InChI is InChI=1S/C33H43N7O4/c1-8-39(32(42)44-33(5,6)7)19-23-16-34-17-25(21(23)4)22-12-13-27-24(15-22)29(38-40(27)28-11-9-10-14-43-28)30-35-18-26(37-30)31(41)36-20(2)3/h12-13,15-18,20,28H,8-11,14,19H2,1-7H3,(H,35,37)(H,36,41). The molecule has 11 nitrogen and oxygen atoms in total. The van der Waals surface area contributed by atoms with Crippen molar-refractivity contribution >= 4 is 22.9 Å². The Morgan fingerprint density at radius 3 is 2.68 bits per heavy atom. The predicted molar refractivity (Wildman–Crippen MR) is 169 cm³/mol. The van der Waals surface area contributed by atoms with E-state index in [9.17, 15) is 9.59 Å². The van der Waals surface area contributed by atoms with Crippen molar-refractivity contribution in [2.24, 2.45) is 0 Å². The lowest BCUT2D eigenvalue weighted by Gasteiger charge is -2.27. The van der Waals surface area contributed by atoms with Crippen LogP contribution in [0.2, 0.25) is 0 Å². The first-order valence-electron chi connectivity index (χ1n) is 15.4. The maximum Gasteiger partial charge on any atom is 0.410 e. The first kappa shape index (κ1) is 31.2. The number of benzene rings is 1. The molecule has 0 saturated carbocycles. The van der Waals surface area contributed by atoms with E-state index in [0.29, 0.717) is 36.9 Å². The molecular formula is C33H43N7O4. The summed E-state index contributed by atoms with van der Waals surface area (Å²) in [4.78, 5) is 39.5. The monoisotopic (exact) mass is 601 g/mol. The van der Waals surface area contributed by atoms with Gasteiger partial charge in [-0.3, -0.25) is 9.78 Å². The number of H-pyrrole nitrogens is 1. The maximum absolute atomic E-state index is 12.8. The fraction of sp³-hybridized carbons (Fsp3) is 0.485. The van der Waals surface area contributed by atoms with E-state index in [4.69, 9.17) is 14.6 Å². The molecule has 0 aliphatic carbocycles. The third-order valence-electron chi connectivity index (χ3n) is 7.62. The second-order valence-corrected chi connectivity index (χ2v) is 12.6. The number of nitrogens with one attached hydrogen (secondary N) is 2. The molecule has 3 aromatic heterocycles. The van der Waals surface area contributed by atoms with Crippen LogP contribution < -0.4 is 5.32 Å². The number of hydrogen-bond acceptors (Lipinski definition) is 7. The van der Waals surface area contributed by atoms with E-state index in [1.165, 1.54) is 0 Å². The van der Waals surface area contributed by atoms with E-state index in [2.05, 4.69) is 38.5 Å². The number of nitrogens with zero attached hydrogens (tertiary/aromatic N) is 5. The van der Waals surface area contributed by atoms with Gasteiger partial charge in [0.1, 0.15) is 17.0 Å². The van der Waals surface area contributed by atoms with Gasteiger partial charge in [-0.1, -0.05) is 6.07 Å². The van der Waals surface area contributed by atoms with Gasteiger partial charge in [0.2, 0.25) is 0 Å². The summed E-state index contributed by atoms with van der Waals surface area (Å²) >= 11 is 0. The zero-order valence-electron chi connectivity index (χ0n) is 26.7. The molecule has 1 aliphatic heterocycles. The highest BCUT2D eigenvalue weighted by Crippen LogP contribution is 2.35. The van der Waals surface area contributed by atoms with E-state index in [1.54, 1.807) is 17.3 Å². The van der Waals surface area contributed by atoms with Gasteiger partial charge in [0.25, 0.3) is 5.91 Å². The first-order valence-corrected chi connectivity index (χ1v) is 15.4. The van der Waals surface area contributed by atoms with Crippen molar-refractivity contribution in [1.82, 2.24) is 34.9 Å². The lowest BCUT2D eigenvalue weighted by Crippen LogP contribution is -2.36. The molecule has 1 aliphatic rings. The summed E-state index contributed by atoms with van der Waals surface area (Å²) < 4.78 is 13.7. The summed E-state index contributed by atoms with van der Waals surface area (Å²) in [5.41, 5.74) is 5.23. The third-order valence-corrected chi connectivity index (χ3v) is 7.62. The van der Waals surface area contributed by atoms with Gasteiger partial charge in [-0.2, -0.15) is 5.10 Å². The number of hydrogen-bond donors (Lipinski definition) is 2. The average Bonchev–Trinajstić information content (AvgIpc) is 3.61. The molecular weight excluding hydrogens is 558 g/mol.